The van der Waals surface area contributed by atoms with Crippen molar-refractivity contribution in [3.05, 3.63) is 47.0 Å². The molecule has 25 heavy (non-hydrogen) atoms. The van der Waals surface area contributed by atoms with Crippen molar-refractivity contribution in [3.63, 3.8) is 0 Å². The van der Waals surface area contributed by atoms with E-state index < -0.39 is 0 Å². The van der Waals surface area contributed by atoms with Gasteiger partial charge in [0, 0.05) is 22.8 Å². The van der Waals surface area contributed by atoms with Gasteiger partial charge in [-0.25, -0.2) is 4.98 Å². The van der Waals surface area contributed by atoms with E-state index in [1.54, 1.807) is 21.3 Å². The van der Waals surface area contributed by atoms with Crippen LogP contribution >= 0.6 is 11.6 Å². The van der Waals surface area contributed by atoms with Crippen LogP contribution in [-0.4, -0.2) is 26.3 Å². The quantitative estimate of drug-likeness (QED) is 0.698. The van der Waals surface area contributed by atoms with Crippen LogP contribution in [0.2, 0.25) is 5.02 Å². The molecule has 0 aliphatic rings. The van der Waals surface area contributed by atoms with Gasteiger partial charge in [0.05, 0.1) is 32.4 Å². The third kappa shape index (κ3) is 3.28. The number of benzene rings is 2. The Morgan fingerprint density at radius 3 is 2.28 bits per heavy atom. The number of halogens is 1. The van der Waals surface area contributed by atoms with Gasteiger partial charge in [-0.05, 0) is 36.8 Å². The molecule has 1 N–H and O–H groups in total. The van der Waals surface area contributed by atoms with Crippen LogP contribution in [-0.2, 0) is 0 Å². The minimum Gasteiger partial charge on any atom is -0.494 e. The minimum absolute atomic E-state index is 0.531. The van der Waals surface area contributed by atoms with Gasteiger partial charge in [0.1, 0.15) is 11.3 Å². The Kier molecular flexibility index (Phi) is 4.86. The van der Waals surface area contributed by atoms with E-state index in [0.29, 0.717) is 27.9 Å². The third-order valence-corrected chi connectivity index (χ3v) is 4.18. The van der Waals surface area contributed by atoms with Crippen molar-refractivity contribution in [1.82, 2.24) is 4.98 Å². The SMILES string of the molecule is COc1cc(C)c2c(OC)c(Nc3ccc(Cl)cc3)cc(OC)c2n1. The van der Waals surface area contributed by atoms with Crippen molar-refractivity contribution in [1.29, 1.82) is 0 Å². The molecule has 0 radical (unpaired) electrons. The van der Waals surface area contributed by atoms with Crippen LogP contribution in [0.5, 0.6) is 17.4 Å². The summed E-state index contributed by atoms with van der Waals surface area (Å²) < 4.78 is 16.5. The molecule has 0 atom stereocenters. The Labute approximate surface area is 151 Å². The van der Waals surface area contributed by atoms with Crippen molar-refractivity contribution in [2.24, 2.45) is 0 Å². The Morgan fingerprint density at radius 1 is 0.960 bits per heavy atom. The van der Waals surface area contributed by atoms with Gasteiger partial charge in [-0.15, -0.1) is 0 Å². The van der Waals surface area contributed by atoms with E-state index in [-0.39, 0.29) is 0 Å². The van der Waals surface area contributed by atoms with E-state index in [0.717, 1.165) is 22.3 Å². The van der Waals surface area contributed by atoms with Gasteiger partial charge in [0.25, 0.3) is 0 Å². The first kappa shape index (κ1) is 17.2. The molecule has 3 rings (SSSR count). The molecule has 0 aliphatic carbocycles. The van der Waals surface area contributed by atoms with Crippen LogP contribution in [0.25, 0.3) is 10.9 Å². The molecule has 0 fully saturated rings. The average Bonchev–Trinajstić information content (AvgIpc) is 2.62. The number of hydrogen-bond acceptors (Lipinski definition) is 5. The van der Waals surface area contributed by atoms with Gasteiger partial charge in [0.15, 0.2) is 5.75 Å². The number of nitrogens with one attached hydrogen (secondary N) is 1. The lowest BCUT2D eigenvalue weighted by Crippen LogP contribution is -2.00. The maximum absolute atomic E-state index is 5.96. The zero-order valence-corrected chi connectivity index (χ0v) is 15.3. The Hall–Kier alpha value is -2.66. The molecular weight excluding hydrogens is 340 g/mol. The van der Waals surface area contributed by atoms with Gasteiger partial charge in [-0.3, -0.25) is 0 Å². The fraction of sp³-hybridized carbons (Fsp3) is 0.211. The summed E-state index contributed by atoms with van der Waals surface area (Å²) in [5, 5.41) is 4.91. The van der Waals surface area contributed by atoms with Crippen molar-refractivity contribution in [2.45, 2.75) is 6.92 Å². The second kappa shape index (κ2) is 7.07. The van der Waals surface area contributed by atoms with Gasteiger partial charge in [-0.2, -0.15) is 0 Å². The molecule has 6 heteroatoms. The van der Waals surface area contributed by atoms with Crippen molar-refractivity contribution in [3.8, 4) is 17.4 Å². The molecule has 0 aliphatic heterocycles. The second-order valence-corrected chi connectivity index (χ2v) is 5.93. The highest BCUT2D eigenvalue weighted by molar-refractivity contribution is 6.30. The van der Waals surface area contributed by atoms with Crippen molar-refractivity contribution < 1.29 is 14.2 Å². The number of methoxy groups -OCH3 is 3. The molecule has 0 saturated heterocycles. The molecule has 0 saturated carbocycles. The summed E-state index contributed by atoms with van der Waals surface area (Å²) in [5.74, 6) is 1.86. The molecular formula is C19H19ClN2O3. The maximum Gasteiger partial charge on any atom is 0.213 e. The summed E-state index contributed by atoms with van der Waals surface area (Å²) in [6.07, 6.45) is 0. The van der Waals surface area contributed by atoms with Crippen LogP contribution in [0.15, 0.2) is 36.4 Å². The topological polar surface area (TPSA) is 52.6 Å². The van der Waals surface area contributed by atoms with E-state index in [1.807, 2.05) is 43.3 Å². The second-order valence-electron chi connectivity index (χ2n) is 5.50. The molecule has 0 spiro atoms. The van der Waals surface area contributed by atoms with Gasteiger partial charge < -0.3 is 19.5 Å². The first-order valence-corrected chi connectivity index (χ1v) is 8.08. The minimum atomic E-state index is 0.531. The summed E-state index contributed by atoms with van der Waals surface area (Å²) in [4.78, 5) is 4.52. The molecule has 3 aromatic rings. The summed E-state index contributed by atoms with van der Waals surface area (Å²) in [6.45, 7) is 1.99. The highest BCUT2D eigenvalue weighted by Gasteiger charge is 2.18. The molecule has 130 valence electrons. The van der Waals surface area contributed by atoms with Crippen molar-refractivity contribution >= 4 is 33.9 Å². The van der Waals surface area contributed by atoms with Crippen LogP contribution in [0.3, 0.4) is 0 Å². The lowest BCUT2D eigenvalue weighted by atomic mass is 10.1. The first-order valence-electron chi connectivity index (χ1n) is 7.70. The molecule has 1 aromatic heterocycles. The summed E-state index contributed by atoms with van der Waals surface area (Å²) in [6, 6.07) is 11.2. The Balaban J connectivity index is 2.21. The largest absolute Gasteiger partial charge is 0.494 e. The molecule has 0 unspecified atom stereocenters. The van der Waals surface area contributed by atoms with E-state index in [1.165, 1.54) is 0 Å². The highest BCUT2D eigenvalue weighted by atomic mass is 35.5. The van der Waals surface area contributed by atoms with Crippen LogP contribution < -0.4 is 19.5 Å². The number of hydrogen-bond donors (Lipinski definition) is 1. The van der Waals surface area contributed by atoms with Gasteiger partial charge in [-0.1, -0.05) is 11.6 Å². The number of nitrogens with zero attached hydrogens (tertiary/aromatic N) is 1. The fourth-order valence-corrected chi connectivity index (χ4v) is 2.89. The van der Waals surface area contributed by atoms with E-state index in [2.05, 4.69) is 10.3 Å². The standard InChI is InChI=1S/C19H19ClN2O3/c1-11-9-16(24-3)22-18-15(23-2)10-14(19(25-4)17(11)18)21-13-7-5-12(20)6-8-13/h5-10,21H,1-4H3. The van der Waals surface area contributed by atoms with E-state index in [4.69, 9.17) is 25.8 Å². The predicted octanol–water partition coefficient (Wildman–Crippen LogP) is 4.97. The zero-order valence-electron chi connectivity index (χ0n) is 14.5. The van der Waals surface area contributed by atoms with E-state index >= 15 is 0 Å². The molecule has 5 nitrogen and oxygen atoms in total. The fourth-order valence-electron chi connectivity index (χ4n) is 2.76. The smallest absolute Gasteiger partial charge is 0.213 e. The Bertz CT molecular complexity index is 911. The molecule has 0 amide bonds. The lowest BCUT2D eigenvalue weighted by Gasteiger charge is -2.18. The summed E-state index contributed by atoms with van der Waals surface area (Å²) in [7, 11) is 4.84. The number of aryl methyl sites for hydroxylation is 1. The monoisotopic (exact) mass is 358 g/mol. The molecule has 2 aromatic carbocycles. The van der Waals surface area contributed by atoms with Gasteiger partial charge in [0.2, 0.25) is 5.88 Å². The maximum atomic E-state index is 5.96. The number of pyridine rings is 1. The number of rotatable bonds is 5. The Morgan fingerprint density at radius 2 is 1.68 bits per heavy atom. The van der Waals surface area contributed by atoms with Gasteiger partial charge >= 0.3 is 0 Å². The predicted molar refractivity (Wildman–Crippen MR) is 101 cm³/mol. The highest BCUT2D eigenvalue weighted by Crippen LogP contribution is 2.42. The van der Waals surface area contributed by atoms with Crippen LogP contribution in [0, 0.1) is 6.92 Å². The van der Waals surface area contributed by atoms with Crippen LogP contribution in [0.1, 0.15) is 5.56 Å². The number of anilines is 2. The summed E-state index contributed by atoms with van der Waals surface area (Å²) >= 11 is 5.96. The molecule has 0 bridgehead atoms. The average molecular weight is 359 g/mol. The van der Waals surface area contributed by atoms with Crippen molar-refractivity contribution in [2.75, 3.05) is 26.6 Å². The third-order valence-electron chi connectivity index (χ3n) is 3.93. The molecule has 1 heterocycles. The number of ether oxygens (including phenoxy) is 3. The number of fused-ring (bicyclic) bond motifs is 1. The summed E-state index contributed by atoms with van der Waals surface area (Å²) in [5.41, 5.74) is 3.35. The normalized spacial score (nSPS) is 10.6. The van der Waals surface area contributed by atoms with Crippen LogP contribution in [0.4, 0.5) is 11.4 Å². The zero-order chi connectivity index (χ0) is 18.0. The number of aromatic nitrogens is 1. The van der Waals surface area contributed by atoms with E-state index in [9.17, 15) is 0 Å². The first-order chi connectivity index (χ1) is 12.1. The lowest BCUT2D eigenvalue weighted by molar-refractivity contribution is 0.394.